The number of aromatic nitrogens is 1. The van der Waals surface area contributed by atoms with Crippen molar-refractivity contribution in [1.29, 1.82) is 5.26 Å². The average molecular weight is 396 g/mol. The Labute approximate surface area is 169 Å². The number of carbonyl (C=O) groups excluding carboxylic acids is 1. The van der Waals surface area contributed by atoms with Crippen LogP contribution in [0.2, 0.25) is 0 Å². The van der Waals surface area contributed by atoms with Crippen LogP contribution in [0, 0.1) is 35.3 Å². The minimum Gasteiger partial charge on any atom is -0.477 e. The SMILES string of the molecule is Cc1c(C#N)c(NC(=O)COc2ccccc2[N+](=O)[O-])n(C2CCCCC2)c1C. The highest BCUT2D eigenvalue weighted by atomic mass is 16.6. The smallest absolute Gasteiger partial charge is 0.310 e. The first-order valence-corrected chi connectivity index (χ1v) is 9.71. The standard InChI is InChI=1S/C21H24N4O4/c1-14-15(2)24(16-8-4-3-5-9-16)21(17(14)12-22)23-20(26)13-29-19-11-7-6-10-18(19)25(27)28/h6-7,10-11,16H,3-5,8-9,13H2,1-2H3,(H,23,26). The quantitative estimate of drug-likeness (QED) is 0.574. The fourth-order valence-corrected chi connectivity index (χ4v) is 3.92. The topological polar surface area (TPSA) is 110 Å². The molecule has 0 atom stereocenters. The molecule has 0 aliphatic heterocycles. The second kappa shape index (κ2) is 8.78. The summed E-state index contributed by atoms with van der Waals surface area (Å²) >= 11 is 0. The zero-order valence-electron chi connectivity index (χ0n) is 16.6. The minimum absolute atomic E-state index is 0.0307. The molecular formula is C21H24N4O4. The van der Waals surface area contributed by atoms with Crippen LogP contribution in [0.3, 0.4) is 0 Å². The van der Waals surface area contributed by atoms with Crippen molar-refractivity contribution in [3.05, 3.63) is 51.2 Å². The van der Waals surface area contributed by atoms with E-state index in [0.29, 0.717) is 11.4 Å². The predicted molar refractivity (Wildman–Crippen MR) is 108 cm³/mol. The molecule has 29 heavy (non-hydrogen) atoms. The highest BCUT2D eigenvalue weighted by Gasteiger charge is 2.26. The number of nitrogens with one attached hydrogen (secondary N) is 1. The van der Waals surface area contributed by atoms with Crippen molar-refractivity contribution in [2.75, 3.05) is 11.9 Å². The predicted octanol–water partition coefficient (Wildman–Crippen LogP) is 4.41. The molecule has 1 heterocycles. The monoisotopic (exact) mass is 396 g/mol. The Kier molecular flexibility index (Phi) is 6.17. The molecule has 1 aliphatic rings. The molecule has 0 saturated heterocycles. The van der Waals surface area contributed by atoms with Gasteiger partial charge < -0.3 is 14.6 Å². The van der Waals surface area contributed by atoms with E-state index in [-0.39, 0.29) is 24.1 Å². The van der Waals surface area contributed by atoms with Crippen molar-refractivity contribution < 1.29 is 14.5 Å². The van der Waals surface area contributed by atoms with E-state index in [9.17, 15) is 20.2 Å². The Morgan fingerprint density at radius 1 is 1.31 bits per heavy atom. The van der Waals surface area contributed by atoms with Gasteiger partial charge in [0.1, 0.15) is 11.9 Å². The lowest BCUT2D eigenvalue weighted by molar-refractivity contribution is -0.385. The van der Waals surface area contributed by atoms with Crippen LogP contribution in [0.15, 0.2) is 24.3 Å². The maximum Gasteiger partial charge on any atom is 0.310 e. The highest BCUT2D eigenvalue weighted by Crippen LogP contribution is 2.36. The molecular weight excluding hydrogens is 372 g/mol. The first-order chi connectivity index (χ1) is 13.9. The van der Waals surface area contributed by atoms with Crippen molar-refractivity contribution in [2.45, 2.75) is 52.0 Å². The number of nitrogens with zero attached hydrogens (tertiary/aromatic N) is 3. The number of benzene rings is 1. The van der Waals surface area contributed by atoms with E-state index in [1.54, 1.807) is 6.07 Å². The van der Waals surface area contributed by atoms with Crippen molar-refractivity contribution in [3.63, 3.8) is 0 Å². The van der Waals surface area contributed by atoms with E-state index in [0.717, 1.165) is 36.9 Å². The zero-order valence-corrected chi connectivity index (χ0v) is 16.6. The maximum atomic E-state index is 12.6. The molecule has 0 spiro atoms. The van der Waals surface area contributed by atoms with E-state index in [2.05, 4.69) is 16.0 Å². The Balaban J connectivity index is 1.81. The lowest BCUT2D eigenvalue weighted by Crippen LogP contribution is -2.24. The van der Waals surface area contributed by atoms with Crippen molar-refractivity contribution in [2.24, 2.45) is 0 Å². The molecule has 152 valence electrons. The van der Waals surface area contributed by atoms with E-state index >= 15 is 0 Å². The van der Waals surface area contributed by atoms with Gasteiger partial charge in [0.25, 0.3) is 5.91 Å². The molecule has 1 fully saturated rings. The second-order valence-electron chi connectivity index (χ2n) is 7.27. The molecule has 0 radical (unpaired) electrons. The van der Waals surface area contributed by atoms with Gasteiger partial charge in [-0.1, -0.05) is 31.4 Å². The van der Waals surface area contributed by atoms with Crippen LogP contribution >= 0.6 is 0 Å². The minimum atomic E-state index is -0.554. The zero-order chi connectivity index (χ0) is 21.0. The van der Waals surface area contributed by atoms with Crippen molar-refractivity contribution >= 4 is 17.4 Å². The number of ether oxygens (including phenoxy) is 1. The van der Waals surface area contributed by atoms with Gasteiger partial charge in [-0.3, -0.25) is 14.9 Å². The summed E-state index contributed by atoms with van der Waals surface area (Å²) < 4.78 is 7.45. The number of amides is 1. The Bertz CT molecular complexity index is 968. The largest absolute Gasteiger partial charge is 0.477 e. The Morgan fingerprint density at radius 2 is 2.00 bits per heavy atom. The van der Waals surface area contributed by atoms with Crippen LogP contribution in [0.25, 0.3) is 0 Å². The van der Waals surface area contributed by atoms with Gasteiger partial charge in [-0.2, -0.15) is 5.26 Å². The third-order valence-electron chi connectivity index (χ3n) is 5.49. The fraction of sp³-hybridized carbons (Fsp3) is 0.429. The fourth-order valence-electron chi connectivity index (χ4n) is 3.92. The second-order valence-corrected chi connectivity index (χ2v) is 7.27. The van der Waals surface area contributed by atoms with Gasteiger partial charge in [-0.05, 0) is 38.3 Å². The molecule has 8 nitrogen and oxygen atoms in total. The summed E-state index contributed by atoms with van der Waals surface area (Å²) in [6.45, 7) is 3.46. The molecule has 1 aromatic carbocycles. The molecule has 1 aromatic heterocycles. The number of hydrogen-bond acceptors (Lipinski definition) is 5. The molecule has 0 unspecified atom stereocenters. The summed E-state index contributed by atoms with van der Waals surface area (Å²) in [5, 5.41) is 23.5. The van der Waals surface area contributed by atoms with Crippen LogP contribution in [-0.4, -0.2) is 22.0 Å². The number of anilines is 1. The van der Waals surface area contributed by atoms with Gasteiger partial charge in [0, 0.05) is 17.8 Å². The van der Waals surface area contributed by atoms with E-state index in [1.807, 2.05) is 13.8 Å². The normalized spacial score (nSPS) is 14.2. The molecule has 0 bridgehead atoms. The Hall–Kier alpha value is -3.34. The number of rotatable bonds is 6. The molecule has 2 aromatic rings. The molecule has 1 amide bonds. The molecule has 1 saturated carbocycles. The molecule has 8 heteroatoms. The number of nitriles is 1. The van der Waals surface area contributed by atoms with Gasteiger partial charge in [0.2, 0.25) is 0 Å². The summed E-state index contributed by atoms with van der Waals surface area (Å²) in [5.74, 6) is 0.0583. The summed E-state index contributed by atoms with van der Waals surface area (Å²) in [6, 6.07) is 8.36. The van der Waals surface area contributed by atoms with Gasteiger partial charge in [0.15, 0.2) is 12.4 Å². The lowest BCUT2D eigenvalue weighted by Gasteiger charge is -2.27. The van der Waals surface area contributed by atoms with Crippen LogP contribution in [0.5, 0.6) is 5.75 Å². The van der Waals surface area contributed by atoms with Gasteiger partial charge in [-0.25, -0.2) is 0 Å². The number of para-hydroxylation sites is 2. The molecule has 3 rings (SSSR count). The van der Waals surface area contributed by atoms with E-state index < -0.39 is 10.8 Å². The van der Waals surface area contributed by atoms with Crippen molar-refractivity contribution in [1.82, 2.24) is 4.57 Å². The average Bonchev–Trinajstić information content (AvgIpc) is 2.96. The summed E-state index contributed by atoms with van der Waals surface area (Å²) in [7, 11) is 0. The molecule has 1 aliphatic carbocycles. The molecule has 1 N–H and O–H groups in total. The first kappa shape index (κ1) is 20.4. The third kappa shape index (κ3) is 4.24. The first-order valence-electron chi connectivity index (χ1n) is 9.71. The maximum absolute atomic E-state index is 12.6. The highest BCUT2D eigenvalue weighted by molar-refractivity contribution is 5.93. The number of nitro benzene ring substituents is 1. The van der Waals surface area contributed by atoms with Crippen LogP contribution < -0.4 is 10.1 Å². The number of carbonyl (C=O) groups is 1. The lowest BCUT2D eigenvalue weighted by atomic mass is 9.95. The van der Waals surface area contributed by atoms with Gasteiger partial charge in [0.05, 0.1) is 10.5 Å². The van der Waals surface area contributed by atoms with Crippen LogP contribution in [-0.2, 0) is 4.79 Å². The third-order valence-corrected chi connectivity index (χ3v) is 5.49. The summed E-state index contributed by atoms with van der Waals surface area (Å²) in [5.41, 5.74) is 2.08. The summed E-state index contributed by atoms with van der Waals surface area (Å²) in [4.78, 5) is 23.1. The van der Waals surface area contributed by atoms with E-state index in [1.165, 1.54) is 24.6 Å². The summed E-state index contributed by atoms with van der Waals surface area (Å²) in [6.07, 6.45) is 5.46. The van der Waals surface area contributed by atoms with Crippen LogP contribution in [0.1, 0.15) is 55.0 Å². The number of hydrogen-bond donors (Lipinski definition) is 1. The van der Waals surface area contributed by atoms with Crippen LogP contribution in [0.4, 0.5) is 11.5 Å². The Morgan fingerprint density at radius 3 is 2.66 bits per heavy atom. The van der Waals surface area contributed by atoms with Gasteiger partial charge >= 0.3 is 5.69 Å². The van der Waals surface area contributed by atoms with E-state index in [4.69, 9.17) is 4.74 Å². The number of nitro groups is 1. The van der Waals surface area contributed by atoms with Crippen molar-refractivity contribution in [3.8, 4) is 11.8 Å². The van der Waals surface area contributed by atoms with Gasteiger partial charge in [-0.15, -0.1) is 0 Å².